The number of H-pyrrole nitrogens is 1. The highest BCUT2D eigenvalue weighted by atomic mass is 16.4. The monoisotopic (exact) mass is 361 g/mol. The Morgan fingerprint density at radius 3 is 2.85 bits per heavy atom. The third-order valence-corrected chi connectivity index (χ3v) is 6.05. The summed E-state index contributed by atoms with van der Waals surface area (Å²) in [6.07, 6.45) is 3.91. The quantitative estimate of drug-likeness (QED) is 0.607. The van der Waals surface area contributed by atoms with Crippen molar-refractivity contribution in [3.8, 4) is 0 Å². The highest BCUT2D eigenvalue weighted by molar-refractivity contribution is 5.78. The molecule has 0 spiro atoms. The van der Waals surface area contributed by atoms with Crippen LogP contribution in [0.15, 0.2) is 11.1 Å². The minimum absolute atomic E-state index is 0.0227. The molecular formula is C16H19N5O5. The van der Waals surface area contributed by atoms with Gasteiger partial charge in [0.05, 0.1) is 24.2 Å². The van der Waals surface area contributed by atoms with Crippen LogP contribution in [0.3, 0.4) is 0 Å². The van der Waals surface area contributed by atoms with Crippen LogP contribution in [0, 0.1) is 17.8 Å². The average Bonchev–Trinajstić information content (AvgIpc) is 3.21. The summed E-state index contributed by atoms with van der Waals surface area (Å²) in [5.74, 6) is -3.15. The summed E-state index contributed by atoms with van der Waals surface area (Å²) < 4.78 is 1.50. The fourth-order valence-corrected chi connectivity index (χ4v) is 5.22. The normalized spacial score (nSPS) is 30.5. The third kappa shape index (κ3) is 2.14. The summed E-state index contributed by atoms with van der Waals surface area (Å²) in [6, 6.07) is 0. The lowest BCUT2D eigenvalue weighted by Gasteiger charge is -2.39. The molecular weight excluding hydrogens is 342 g/mol. The van der Waals surface area contributed by atoms with Crippen molar-refractivity contribution in [1.29, 1.82) is 0 Å². The standard InChI is InChI=1S/C16H19N5O5/c17-15-19-12-11(13(24)20-15)18-6-21(12)16(5-10(22)23)8-3-1-2-7(8)4-9(16)14(25)26/h6-9H,1-5H2,(H,22,23)(H,25,26)(H3,17,19,20,24)/t7?,8?,9-,16-/m1/s1. The average molecular weight is 361 g/mol. The summed E-state index contributed by atoms with van der Waals surface area (Å²) >= 11 is 0. The summed E-state index contributed by atoms with van der Waals surface area (Å²) in [4.78, 5) is 46.5. The number of aromatic nitrogens is 4. The molecule has 2 heterocycles. The molecule has 2 aromatic heterocycles. The first kappa shape index (κ1) is 16.6. The highest BCUT2D eigenvalue weighted by Gasteiger charge is 2.61. The van der Waals surface area contributed by atoms with E-state index >= 15 is 0 Å². The fraction of sp³-hybridized carbons (Fsp3) is 0.562. The molecule has 2 aliphatic rings. The van der Waals surface area contributed by atoms with Crippen molar-refractivity contribution in [2.45, 2.75) is 37.6 Å². The molecule has 2 unspecified atom stereocenters. The Morgan fingerprint density at radius 2 is 2.15 bits per heavy atom. The van der Waals surface area contributed by atoms with Crippen LogP contribution >= 0.6 is 0 Å². The van der Waals surface area contributed by atoms with Crippen molar-refractivity contribution >= 4 is 29.1 Å². The lowest BCUT2D eigenvalue weighted by Crippen LogP contribution is -2.47. The number of hydrogen-bond acceptors (Lipinski definition) is 6. The van der Waals surface area contributed by atoms with Crippen LogP contribution < -0.4 is 11.3 Å². The molecule has 5 N–H and O–H groups in total. The van der Waals surface area contributed by atoms with Crippen LogP contribution in [-0.2, 0) is 15.1 Å². The van der Waals surface area contributed by atoms with E-state index in [-0.39, 0.29) is 35.4 Å². The van der Waals surface area contributed by atoms with Gasteiger partial charge in [0.25, 0.3) is 5.56 Å². The second kappa shape index (κ2) is 5.55. The Bertz CT molecular complexity index is 966. The number of carboxylic acid groups (broad SMARTS) is 2. The van der Waals surface area contributed by atoms with E-state index in [0.717, 1.165) is 19.3 Å². The number of hydrogen-bond donors (Lipinski definition) is 4. The number of fused-ring (bicyclic) bond motifs is 2. The van der Waals surface area contributed by atoms with Crippen molar-refractivity contribution in [1.82, 2.24) is 19.5 Å². The first-order chi connectivity index (χ1) is 12.3. The Balaban J connectivity index is 2.02. The summed E-state index contributed by atoms with van der Waals surface area (Å²) in [7, 11) is 0. The van der Waals surface area contributed by atoms with E-state index in [1.54, 1.807) is 0 Å². The molecule has 2 fully saturated rings. The van der Waals surface area contributed by atoms with Gasteiger partial charge in [0.15, 0.2) is 11.2 Å². The van der Waals surface area contributed by atoms with E-state index in [1.165, 1.54) is 10.9 Å². The molecule has 0 aliphatic heterocycles. The number of anilines is 1. The second-order valence-electron chi connectivity index (χ2n) is 7.22. The van der Waals surface area contributed by atoms with Crippen LogP contribution in [0.5, 0.6) is 0 Å². The van der Waals surface area contributed by atoms with Gasteiger partial charge in [-0.3, -0.25) is 19.4 Å². The van der Waals surface area contributed by atoms with Gasteiger partial charge in [-0.2, -0.15) is 4.98 Å². The smallest absolute Gasteiger partial charge is 0.308 e. The fourth-order valence-electron chi connectivity index (χ4n) is 5.22. The molecule has 4 atom stereocenters. The minimum Gasteiger partial charge on any atom is -0.481 e. The van der Waals surface area contributed by atoms with Gasteiger partial charge >= 0.3 is 11.9 Å². The Labute approximate surface area is 147 Å². The van der Waals surface area contributed by atoms with Crippen LogP contribution in [0.4, 0.5) is 5.95 Å². The Morgan fingerprint density at radius 1 is 1.38 bits per heavy atom. The third-order valence-electron chi connectivity index (χ3n) is 6.05. The first-order valence-electron chi connectivity index (χ1n) is 8.52. The van der Waals surface area contributed by atoms with E-state index in [9.17, 15) is 24.6 Å². The first-order valence-corrected chi connectivity index (χ1v) is 8.52. The van der Waals surface area contributed by atoms with E-state index < -0.39 is 29.0 Å². The van der Waals surface area contributed by atoms with Crippen LogP contribution in [-0.4, -0.2) is 41.7 Å². The molecule has 2 aromatic rings. The van der Waals surface area contributed by atoms with Gasteiger partial charge in [0.1, 0.15) is 0 Å². The summed E-state index contributed by atoms with van der Waals surface area (Å²) in [6.45, 7) is 0. The van der Waals surface area contributed by atoms with Crippen molar-refractivity contribution in [3.05, 3.63) is 16.7 Å². The Kier molecular flexibility index (Phi) is 3.53. The predicted octanol–water partition coefficient (Wildman–Crippen LogP) is 0.393. The zero-order valence-corrected chi connectivity index (χ0v) is 13.9. The molecule has 10 heteroatoms. The molecule has 10 nitrogen and oxygen atoms in total. The number of nitrogen functional groups attached to an aromatic ring is 1. The van der Waals surface area contributed by atoms with Gasteiger partial charge in [-0.25, -0.2) is 4.98 Å². The molecule has 0 amide bonds. The van der Waals surface area contributed by atoms with Gasteiger partial charge in [-0.15, -0.1) is 0 Å². The molecule has 4 rings (SSSR count). The molecule has 0 bridgehead atoms. The van der Waals surface area contributed by atoms with Crippen LogP contribution in [0.25, 0.3) is 11.2 Å². The number of carboxylic acids is 2. The van der Waals surface area contributed by atoms with Gasteiger partial charge in [0, 0.05) is 0 Å². The van der Waals surface area contributed by atoms with Crippen LogP contribution in [0.1, 0.15) is 32.1 Å². The van der Waals surface area contributed by atoms with Gasteiger partial charge in [-0.05, 0) is 24.7 Å². The summed E-state index contributed by atoms with van der Waals surface area (Å²) in [5, 5.41) is 19.5. The topological polar surface area (TPSA) is 164 Å². The van der Waals surface area contributed by atoms with Crippen molar-refractivity contribution in [2.24, 2.45) is 17.8 Å². The number of nitrogens with two attached hydrogens (primary N) is 1. The zero-order valence-electron chi connectivity index (χ0n) is 13.9. The molecule has 0 radical (unpaired) electrons. The second-order valence-corrected chi connectivity index (χ2v) is 7.22. The maximum absolute atomic E-state index is 12.1. The molecule has 2 saturated carbocycles. The lowest BCUT2D eigenvalue weighted by atomic mass is 9.76. The molecule has 138 valence electrons. The number of rotatable bonds is 4. The predicted molar refractivity (Wildman–Crippen MR) is 89.4 cm³/mol. The number of aliphatic carboxylic acids is 2. The van der Waals surface area contributed by atoms with E-state index in [2.05, 4.69) is 15.0 Å². The largest absolute Gasteiger partial charge is 0.481 e. The highest BCUT2D eigenvalue weighted by Crippen LogP contribution is 2.58. The zero-order chi connectivity index (χ0) is 18.6. The lowest BCUT2D eigenvalue weighted by molar-refractivity contribution is -0.149. The number of nitrogens with zero attached hydrogens (tertiary/aromatic N) is 3. The number of carbonyl (C=O) groups is 2. The Hall–Kier alpha value is -2.91. The number of aromatic amines is 1. The number of imidazole rings is 1. The minimum atomic E-state index is -1.22. The molecule has 0 saturated heterocycles. The van der Waals surface area contributed by atoms with Crippen molar-refractivity contribution in [2.75, 3.05) is 5.73 Å². The van der Waals surface area contributed by atoms with E-state index in [4.69, 9.17) is 5.73 Å². The van der Waals surface area contributed by atoms with E-state index in [0.29, 0.717) is 6.42 Å². The van der Waals surface area contributed by atoms with Gasteiger partial charge < -0.3 is 20.5 Å². The van der Waals surface area contributed by atoms with Gasteiger partial charge in [0.2, 0.25) is 5.95 Å². The van der Waals surface area contributed by atoms with Crippen molar-refractivity contribution < 1.29 is 19.8 Å². The SMILES string of the molecule is Nc1nc2c(ncn2[C@]2(CC(=O)O)C3CCCC3C[C@@H]2C(=O)O)c(=O)[nH]1. The van der Waals surface area contributed by atoms with E-state index in [1.807, 2.05) is 0 Å². The van der Waals surface area contributed by atoms with Crippen molar-refractivity contribution in [3.63, 3.8) is 0 Å². The maximum atomic E-state index is 12.1. The molecule has 26 heavy (non-hydrogen) atoms. The van der Waals surface area contributed by atoms with Crippen LogP contribution in [0.2, 0.25) is 0 Å². The number of nitrogens with one attached hydrogen (secondary N) is 1. The molecule has 0 aromatic carbocycles. The maximum Gasteiger partial charge on any atom is 0.308 e. The summed E-state index contributed by atoms with van der Waals surface area (Å²) in [5.41, 5.74) is 4.05. The van der Waals surface area contributed by atoms with Gasteiger partial charge in [-0.1, -0.05) is 12.8 Å². The molecule has 2 aliphatic carbocycles.